The van der Waals surface area contributed by atoms with Gasteiger partial charge in [-0.2, -0.15) is 5.26 Å². The Hall–Kier alpha value is -1.28. The van der Waals surface area contributed by atoms with E-state index < -0.39 is 0 Å². The summed E-state index contributed by atoms with van der Waals surface area (Å²) in [6.45, 7) is 0. The average molecular weight is 285 g/mol. The Morgan fingerprint density at radius 1 is 1.53 bits per heavy atom. The molecule has 2 rings (SSSR count). The third-order valence-electron chi connectivity index (χ3n) is 2.09. The number of hydrogen-bond acceptors (Lipinski definition) is 4. The van der Waals surface area contributed by atoms with Gasteiger partial charge in [-0.25, -0.2) is 4.98 Å². The van der Waals surface area contributed by atoms with Gasteiger partial charge in [0.15, 0.2) is 0 Å². The smallest absolute Gasteiger partial charge is 0.138 e. The molecule has 0 spiro atoms. The number of aliphatic hydroxyl groups excluding tert-OH is 1. The summed E-state index contributed by atoms with van der Waals surface area (Å²) >= 11 is 12.7. The molecule has 0 unspecified atom stereocenters. The molecule has 0 bridgehead atoms. The number of nitrogens with zero attached hydrogens (tertiary/aromatic N) is 2. The van der Waals surface area contributed by atoms with Crippen molar-refractivity contribution in [3.63, 3.8) is 0 Å². The lowest BCUT2D eigenvalue weighted by molar-refractivity contribution is 0.420. The van der Waals surface area contributed by atoms with Crippen molar-refractivity contribution in [2.75, 3.05) is 5.88 Å². The van der Waals surface area contributed by atoms with Crippen molar-refractivity contribution in [3.05, 3.63) is 34.0 Å². The standard InChI is InChI=1S/C11H6Cl2N2OS/c12-4-9(16)7(5-14)11-15-8-3-6(13)1-2-10(8)17-11/h1-3,16H,4H2/b9-7-. The van der Waals surface area contributed by atoms with E-state index in [0.717, 1.165) is 4.70 Å². The zero-order chi connectivity index (χ0) is 12.4. The summed E-state index contributed by atoms with van der Waals surface area (Å²) in [6.07, 6.45) is 0. The van der Waals surface area contributed by atoms with Crippen LogP contribution >= 0.6 is 34.5 Å². The van der Waals surface area contributed by atoms with Crippen molar-refractivity contribution in [2.24, 2.45) is 0 Å². The van der Waals surface area contributed by atoms with Gasteiger partial charge in [-0.05, 0) is 18.2 Å². The highest BCUT2D eigenvalue weighted by Gasteiger charge is 2.13. The summed E-state index contributed by atoms with van der Waals surface area (Å²) in [7, 11) is 0. The summed E-state index contributed by atoms with van der Waals surface area (Å²) in [5.41, 5.74) is 0.810. The van der Waals surface area contributed by atoms with Crippen LogP contribution in [0.4, 0.5) is 0 Å². The third kappa shape index (κ3) is 2.37. The van der Waals surface area contributed by atoms with Crippen LogP contribution in [0.25, 0.3) is 15.8 Å². The van der Waals surface area contributed by atoms with Gasteiger partial charge in [-0.3, -0.25) is 0 Å². The summed E-state index contributed by atoms with van der Waals surface area (Å²) in [5.74, 6) is -0.279. The van der Waals surface area contributed by atoms with E-state index in [4.69, 9.17) is 28.5 Å². The normalized spacial score (nSPS) is 12.3. The molecule has 0 aliphatic heterocycles. The van der Waals surface area contributed by atoms with Crippen LogP contribution in [-0.4, -0.2) is 16.0 Å². The first-order chi connectivity index (χ1) is 8.15. The van der Waals surface area contributed by atoms with Crippen molar-refractivity contribution < 1.29 is 5.11 Å². The molecule has 0 atom stereocenters. The second-order valence-electron chi connectivity index (χ2n) is 3.20. The molecular formula is C11H6Cl2N2OS. The molecule has 0 saturated carbocycles. The minimum Gasteiger partial charge on any atom is -0.510 e. The quantitative estimate of drug-likeness (QED) is 0.516. The van der Waals surface area contributed by atoms with Gasteiger partial charge in [-0.15, -0.1) is 22.9 Å². The number of halogens is 2. The Bertz CT molecular complexity index is 642. The average Bonchev–Trinajstić information content (AvgIpc) is 2.72. The largest absolute Gasteiger partial charge is 0.510 e. The van der Waals surface area contributed by atoms with Crippen LogP contribution < -0.4 is 0 Å². The summed E-state index contributed by atoms with van der Waals surface area (Å²) in [5, 5.41) is 19.5. The van der Waals surface area contributed by atoms with Crippen molar-refractivity contribution in [1.29, 1.82) is 5.26 Å². The van der Waals surface area contributed by atoms with Crippen LogP contribution in [0.3, 0.4) is 0 Å². The fourth-order valence-electron chi connectivity index (χ4n) is 1.31. The number of rotatable bonds is 2. The molecular weight excluding hydrogens is 279 g/mol. The Labute approximate surface area is 112 Å². The van der Waals surface area contributed by atoms with E-state index in [0.29, 0.717) is 15.5 Å². The number of thiazole rings is 1. The van der Waals surface area contributed by atoms with Crippen LogP contribution in [0.2, 0.25) is 5.02 Å². The van der Waals surface area contributed by atoms with E-state index in [1.807, 2.05) is 12.1 Å². The molecule has 1 N–H and O–H groups in total. The zero-order valence-electron chi connectivity index (χ0n) is 8.44. The van der Waals surface area contributed by atoms with Crippen LogP contribution in [0.1, 0.15) is 5.01 Å². The molecule has 1 aromatic carbocycles. The molecule has 0 fully saturated rings. The molecule has 0 saturated heterocycles. The summed E-state index contributed by atoms with van der Waals surface area (Å²) in [6, 6.07) is 7.19. The number of alkyl halides is 1. The first kappa shape index (κ1) is 12.2. The first-order valence-corrected chi connectivity index (χ1v) is 6.33. The summed E-state index contributed by atoms with van der Waals surface area (Å²) < 4.78 is 0.902. The SMILES string of the molecule is N#C/C(=C(/O)CCl)c1nc2cc(Cl)ccc2s1. The predicted octanol–water partition coefficient (Wildman–Crippen LogP) is 3.98. The van der Waals surface area contributed by atoms with Crippen molar-refractivity contribution in [3.8, 4) is 6.07 Å². The Morgan fingerprint density at radius 3 is 2.94 bits per heavy atom. The second-order valence-corrected chi connectivity index (χ2v) is 4.93. The van der Waals surface area contributed by atoms with Gasteiger partial charge in [0.25, 0.3) is 0 Å². The van der Waals surface area contributed by atoms with E-state index in [1.54, 1.807) is 12.1 Å². The molecule has 0 radical (unpaired) electrons. The lowest BCUT2D eigenvalue weighted by Gasteiger charge is -1.95. The number of hydrogen-bond donors (Lipinski definition) is 1. The van der Waals surface area contributed by atoms with E-state index in [2.05, 4.69) is 4.98 Å². The third-order valence-corrected chi connectivity index (χ3v) is 3.63. The summed E-state index contributed by atoms with van der Waals surface area (Å²) in [4.78, 5) is 4.25. The Morgan fingerprint density at radius 2 is 2.29 bits per heavy atom. The van der Waals surface area contributed by atoms with E-state index in [9.17, 15) is 5.11 Å². The van der Waals surface area contributed by atoms with Crippen molar-refractivity contribution in [1.82, 2.24) is 4.98 Å². The van der Waals surface area contributed by atoms with Gasteiger partial charge < -0.3 is 5.11 Å². The maximum Gasteiger partial charge on any atom is 0.138 e. The molecule has 1 heterocycles. The van der Waals surface area contributed by atoms with Crippen LogP contribution in [0.15, 0.2) is 24.0 Å². The molecule has 0 aliphatic rings. The van der Waals surface area contributed by atoms with Gasteiger partial charge >= 0.3 is 0 Å². The van der Waals surface area contributed by atoms with Gasteiger partial charge in [0, 0.05) is 5.02 Å². The van der Waals surface area contributed by atoms with E-state index in [-0.39, 0.29) is 17.2 Å². The number of benzene rings is 1. The van der Waals surface area contributed by atoms with Gasteiger partial charge in [0.1, 0.15) is 22.4 Å². The number of fused-ring (bicyclic) bond motifs is 1. The number of aliphatic hydroxyl groups is 1. The molecule has 0 aliphatic carbocycles. The highest BCUT2D eigenvalue weighted by atomic mass is 35.5. The van der Waals surface area contributed by atoms with Crippen LogP contribution in [0.5, 0.6) is 0 Å². The number of allylic oxidation sites excluding steroid dienone is 2. The number of nitriles is 1. The Kier molecular flexibility index (Phi) is 3.53. The topological polar surface area (TPSA) is 56.9 Å². The van der Waals surface area contributed by atoms with E-state index >= 15 is 0 Å². The lowest BCUT2D eigenvalue weighted by Crippen LogP contribution is -1.90. The fraction of sp³-hybridized carbons (Fsp3) is 0.0909. The second kappa shape index (κ2) is 4.92. The van der Waals surface area contributed by atoms with Gasteiger partial charge in [-0.1, -0.05) is 11.6 Å². The van der Waals surface area contributed by atoms with E-state index in [1.165, 1.54) is 11.3 Å². The minimum atomic E-state index is -0.167. The highest BCUT2D eigenvalue weighted by Crippen LogP contribution is 2.29. The number of aromatic nitrogens is 1. The molecule has 2 aromatic rings. The van der Waals surface area contributed by atoms with Crippen molar-refractivity contribution >= 4 is 50.3 Å². The first-order valence-electron chi connectivity index (χ1n) is 4.60. The minimum absolute atomic E-state index is 0.109. The zero-order valence-corrected chi connectivity index (χ0v) is 10.8. The molecule has 3 nitrogen and oxygen atoms in total. The van der Waals surface area contributed by atoms with Gasteiger partial charge in [0.05, 0.1) is 16.1 Å². The monoisotopic (exact) mass is 284 g/mol. The molecule has 6 heteroatoms. The maximum absolute atomic E-state index is 9.52. The van der Waals surface area contributed by atoms with Gasteiger partial charge in [0.2, 0.25) is 0 Å². The molecule has 86 valence electrons. The maximum atomic E-state index is 9.52. The Balaban J connectivity index is 2.61. The lowest BCUT2D eigenvalue weighted by atomic mass is 10.2. The molecule has 0 amide bonds. The van der Waals surface area contributed by atoms with Crippen LogP contribution in [0, 0.1) is 11.3 Å². The van der Waals surface area contributed by atoms with Crippen molar-refractivity contribution in [2.45, 2.75) is 0 Å². The van der Waals surface area contributed by atoms with Crippen LogP contribution in [-0.2, 0) is 0 Å². The highest BCUT2D eigenvalue weighted by molar-refractivity contribution is 7.19. The molecule has 1 aromatic heterocycles. The predicted molar refractivity (Wildman–Crippen MR) is 70.5 cm³/mol. The molecule has 17 heavy (non-hydrogen) atoms. The fourth-order valence-corrected chi connectivity index (χ4v) is 2.57.